The first kappa shape index (κ1) is 24.6. The molecule has 198 valence electrons. The van der Waals surface area contributed by atoms with Crippen LogP contribution in [0, 0.1) is 5.92 Å². The molecule has 0 amide bonds. The number of aromatic nitrogens is 2. The number of hydrogen-bond acceptors (Lipinski definition) is 4. The standard InChI is InChI=1S/C32H40BN3O2/c1-19-16-26(34-17-19)30-35-18-27(36-30)21-8-6-20(7-9-21)24-14-15-25(33-37-31(2,3)32(4,5)38-33)29-23-12-10-22(11-13-23)28(24)29/h6-9,14-15,18-19,22-23,26,34H,10-13,16-17H2,1-5H3,(H,35,36). The second kappa shape index (κ2) is 8.80. The third-order valence-electron chi connectivity index (χ3n) is 10.2. The van der Waals surface area contributed by atoms with Gasteiger partial charge in [0.2, 0.25) is 0 Å². The van der Waals surface area contributed by atoms with Gasteiger partial charge in [0.15, 0.2) is 0 Å². The molecule has 2 atom stereocenters. The molecule has 2 aromatic carbocycles. The number of rotatable bonds is 4. The number of imidazole rings is 1. The quantitative estimate of drug-likeness (QED) is 0.396. The molecule has 3 heterocycles. The Morgan fingerprint density at radius 1 is 0.842 bits per heavy atom. The van der Waals surface area contributed by atoms with E-state index in [9.17, 15) is 0 Å². The minimum Gasteiger partial charge on any atom is -0.399 e. The zero-order valence-electron chi connectivity index (χ0n) is 23.4. The van der Waals surface area contributed by atoms with Crippen molar-refractivity contribution in [3.05, 3.63) is 59.5 Å². The summed E-state index contributed by atoms with van der Waals surface area (Å²) in [5.41, 5.74) is 8.62. The van der Waals surface area contributed by atoms with Crippen LogP contribution in [0.1, 0.15) is 102 Å². The summed E-state index contributed by atoms with van der Waals surface area (Å²) in [4.78, 5) is 8.27. The first-order valence-electron chi connectivity index (χ1n) is 14.6. The number of nitrogens with one attached hydrogen (secondary N) is 2. The van der Waals surface area contributed by atoms with Crippen LogP contribution in [0.4, 0.5) is 0 Å². The van der Waals surface area contributed by atoms with E-state index in [2.05, 4.69) is 81.3 Å². The number of fused-ring (bicyclic) bond motifs is 2. The molecule has 3 aliphatic carbocycles. The van der Waals surface area contributed by atoms with Crippen molar-refractivity contribution in [3.8, 4) is 22.4 Å². The number of nitrogens with zero attached hydrogens (tertiary/aromatic N) is 1. The van der Waals surface area contributed by atoms with Gasteiger partial charge in [-0.25, -0.2) is 4.98 Å². The maximum atomic E-state index is 6.54. The Morgan fingerprint density at radius 2 is 1.47 bits per heavy atom. The summed E-state index contributed by atoms with van der Waals surface area (Å²) in [5.74, 6) is 2.99. The highest BCUT2D eigenvalue weighted by atomic mass is 16.7. The first-order valence-corrected chi connectivity index (χ1v) is 14.6. The van der Waals surface area contributed by atoms with Crippen LogP contribution < -0.4 is 10.8 Å². The molecule has 8 rings (SSSR count). The summed E-state index contributed by atoms with van der Waals surface area (Å²) in [6, 6.07) is 14.0. The van der Waals surface area contributed by atoms with Gasteiger partial charge in [0.25, 0.3) is 0 Å². The Bertz CT molecular complexity index is 1340. The van der Waals surface area contributed by atoms with Gasteiger partial charge in [-0.3, -0.25) is 0 Å². The second-order valence-electron chi connectivity index (χ2n) is 13.2. The lowest BCUT2D eigenvalue weighted by molar-refractivity contribution is 0.00578. The van der Waals surface area contributed by atoms with E-state index in [1.54, 1.807) is 5.56 Å². The summed E-state index contributed by atoms with van der Waals surface area (Å²) in [6.07, 6.45) is 8.27. The molecule has 2 N–H and O–H groups in total. The lowest BCUT2D eigenvalue weighted by Crippen LogP contribution is -2.41. The summed E-state index contributed by atoms with van der Waals surface area (Å²) in [5, 5.41) is 3.58. The van der Waals surface area contributed by atoms with E-state index in [1.807, 2.05) is 6.20 Å². The summed E-state index contributed by atoms with van der Waals surface area (Å²) in [7, 11) is -0.295. The smallest absolute Gasteiger partial charge is 0.399 e. The Labute approximate surface area is 227 Å². The summed E-state index contributed by atoms with van der Waals surface area (Å²) >= 11 is 0. The maximum Gasteiger partial charge on any atom is 0.495 e. The number of benzene rings is 2. The molecule has 1 aromatic heterocycles. The SMILES string of the molecule is CC1CNC(c2ncc(-c3ccc(-c4ccc(B5OC(C)(C)C(C)(C)O5)c5c4C4CCC5CC4)cc3)[nH]2)C1. The molecular formula is C32H40BN3O2. The van der Waals surface area contributed by atoms with Gasteiger partial charge >= 0.3 is 7.12 Å². The van der Waals surface area contributed by atoms with Crippen molar-refractivity contribution in [1.29, 1.82) is 0 Å². The van der Waals surface area contributed by atoms with Gasteiger partial charge in [0, 0.05) is 0 Å². The van der Waals surface area contributed by atoms with Crippen molar-refractivity contribution < 1.29 is 9.31 Å². The summed E-state index contributed by atoms with van der Waals surface area (Å²) in [6.45, 7) is 11.9. The van der Waals surface area contributed by atoms with E-state index in [-0.39, 0.29) is 18.3 Å². The average Bonchev–Trinajstić information content (AvgIpc) is 3.62. The van der Waals surface area contributed by atoms with Crippen LogP contribution in [-0.2, 0) is 9.31 Å². The minimum absolute atomic E-state index is 0.295. The van der Waals surface area contributed by atoms with Gasteiger partial charge in [0.1, 0.15) is 5.82 Å². The van der Waals surface area contributed by atoms with Crippen LogP contribution in [0.2, 0.25) is 0 Å². The Hall–Kier alpha value is -2.41. The fraction of sp³-hybridized carbons (Fsp3) is 0.531. The van der Waals surface area contributed by atoms with Gasteiger partial charge in [-0.05, 0) is 117 Å². The van der Waals surface area contributed by atoms with Crippen molar-refractivity contribution >= 4 is 12.6 Å². The fourth-order valence-electron chi connectivity index (χ4n) is 7.26. The van der Waals surface area contributed by atoms with Gasteiger partial charge < -0.3 is 19.6 Å². The molecule has 38 heavy (non-hydrogen) atoms. The monoisotopic (exact) mass is 509 g/mol. The number of hydrogen-bond donors (Lipinski definition) is 2. The van der Waals surface area contributed by atoms with E-state index in [1.165, 1.54) is 53.4 Å². The van der Waals surface area contributed by atoms with E-state index < -0.39 is 0 Å². The van der Waals surface area contributed by atoms with E-state index in [0.717, 1.165) is 24.5 Å². The molecule has 1 saturated carbocycles. The topological polar surface area (TPSA) is 59.2 Å². The average molecular weight is 510 g/mol. The molecular weight excluding hydrogens is 469 g/mol. The van der Waals surface area contributed by atoms with Crippen LogP contribution in [0.15, 0.2) is 42.6 Å². The van der Waals surface area contributed by atoms with Crippen molar-refractivity contribution in [1.82, 2.24) is 15.3 Å². The van der Waals surface area contributed by atoms with Crippen LogP contribution in [0.3, 0.4) is 0 Å². The van der Waals surface area contributed by atoms with Gasteiger partial charge in [-0.15, -0.1) is 0 Å². The molecule has 2 bridgehead atoms. The Morgan fingerprint density at radius 3 is 2.11 bits per heavy atom. The molecule has 2 saturated heterocycles. The van der Waals surface area contributed by atoms with Crippen LogP contribution in [0.5, 0.6) is 0 Å². The van der Waals surface area contributed by atoms with E-state index >= 15 is 0 Å². The zero-order chi connectivity index (χ0) is 26.2. The third-order valence-corrected chi connectivity index (χ3v) is 10.2. The maximum absolute atomic E-state index is 6.54. The normalized spacial score (nSPS) is 29.1. The third kappa shape index (κ3) is 3.91. The lowest BCUT2D eigenvalue weighted by atomic mass is 9.59. The highest BCUT2D eigenvalue weighted by Crippen LogP contribution is 2.52. The van der Waals surface area contributed by atoms with E-state index in [4.69, 9.17) is 14.3 Å². The van der Waals surface area contributed by atoms with Crippen LogP contribution in [0.25, 0.3) is 22.4 Å². The van der Waals surface area contributed by atoms with Gasteiger partial charge in [-0.1, -0.05) is 43.3 Å². The van der Waals surface area contributed by atoms with Crippen molar-refractivity contribution in [2.75, 3.05) is 6.54 Å². The Balaban J connectivity index is 1.22. The molecule has 3 aromatic rings. The first-order chi connectivity index (χ1) is 18.2. The molecule has 5 nitrogen and oxygen atoms in total. The zero-order valence-corrected chi connectivity index (χ0v) is 23.4. The molecule has 2 unspecified atom stereocenters. The van der Waals surface area contributed by atoms with Crippen molar-refractivity contribution in [2.24, 2.45) is 5.92 Å². The highest BCUT2D eigenvalue weighted by molar-refractivity contribution is 6.62. The fourth-order valence-corrected chi connectivity index (χ4v) is 7.26. The predicted octanol–water partition coefficient (Wildman–Crippen LogP) is 6.47. The Kier molecular flexibility index (Phi) is 5.70. The predicted molar refractivity (Wildman–Crippen MR) is 154 cm³/mol. The highest BCUT2D eigenvalue weighted by Gasteiger charge is 2.53. The molecule has 6 heteroatoms. The number of aromatic amines is 1. The van der Waals surface area contributed by atoms with Gasteiger partial charge in [-0.2, -0.15) is 0 Å². The van der Waals surface area contributed by atoms with Crippen molar-refractivity contribution in [2.45, 2.75) is 95.8 Å². The minimum atomic E-state index is -0.328. The molecule has 0 radical (unpaired) electrons. The molecule has 2 aliphatic heterocycles. The lowest BCUT2D eigenvalue weighted by Gasteiger charge is -2.41. The van der Waals surface area contributed by atoms with Gasteiger partial charge in [0.05, 0.1) is 29.1 Å². The number of H-pyrrole nitrogens is 1. The molecule has 0 spiro atoms. The largest absolute Gasteiger partial charge is 0.495 e. The van der Waals surface area contributed by atoms with E-state index in [0.29, 0.717) is 23.8 Å². The second-order valence-corrected chi connectivity index (χ2v) is 13.2. The molecule has 3 fully saturated rings. The van der Waals surface area contributed by atoms with Crippen LogP contribution in [-0.4, -0.2) is 34.8 Å². The van der Waals surface area contributed by atoms with Crippen molar-refractivity contribution in [3.63, 3.8) is 0 Å². The molecule has 5 aliphatic rings. The van der Waals surface area contributed by atoms with Crippen LogP contribution >= 0.6 is 0 Å². The summed E-state index contributed by atoms with van der Waals surface area (Å²) < 4.78 is 13.1.